The fourth-order valence-corrected chi connectivity index (χ4v) is 3.88. The third-order valence-electron chi connectivity index (χ3n) is 5.47. The number of benzene rings is 4. The molecule has 0 atom stereocenters. The van der Waals surface area contributed by atoms with Crippen LogP contribution in [-0.4, -0.2) is 15.1 Å². The summed E-state index contributed by atoms with van der Waals surface area (Å²) in [6.45, 7) is 0. The van der Waals surface area contributed by atoms with Crippen molar-refractivity contribution in [1.82, 2.24) is 9.97 Å². The summed E-state index contributed by atoms with van der Waals surface area (Å²) in [5, 5.41) is 14.4. The van der Waals surface area contributed by atoms with E-state index in [0.29, 0.717) is 0 Å². The zero-order valence-electron chi connectivity index (χ0n) is 18.2. The zero-order chi connectivity index (χ0) is 22.5. The number of nitrogens with zero attached hydrogens (tertiary/aromatic N) is 2. The monoisotopic (exact) mass is 618 g/mol. The number of hydrogen-bond acceptors (Lipinski definition) is 3. The SMILES string of the molecule is Oc1ccccc1-c1nccc2ccccc12.[Ir].[c-]1ccccc1-c1nccc2ccccc12. The Balaban J connectivity index is 0.000000157. The molecule has 0 bridgehead atoms. The Morgan fingerprint density at radius 1 is 0.559 bits per heavy atom. The molecular weight excluding hydrogens is 597 g/mol. The van der Waals surface area contributed by atoms with Crippen LogP contribution in [0.15, 0.2) is 122 Å². The van der Waals surface area contributed by atoms with E-state index >= 15 is 0 Å². The largest absolute Gasteiger partial charge is 0.507 e. The van der Waals surface area contributed by atoms with Gasteiger partial charge in [0.1, 0.15) is 5.75 Å². The number of aromatic hydroxyl groups is 1. The molecule has 1 N–H and O–H groups in total. The Hall–Kier alpha value is -3.85. The van der Waals surface area contributed by atoms with Crippen LogP contribution in [-0.2, 0) is 20.1 Å². The van der Waals surface area contributed by atoms with Gasteiger partial charge >= 0.3 is 0 Å². The molecule has 6 rings (SSSR count). The molecule has 6 aromatic rings. The Morgan fingerprint density at radius 3 is 1.76 bits per heavy atom. The first-order valence-corrected chi connectivity index (χ1v) is 10.7. The number of rotatable bonds is 2. The fraction of sp³-hybridized carbons (Fsp3) is 0. The van der Waals surface area contributed by atoms with Crippen LogP contribution >= 0.6 is 0 Å². The van der Waals surface area contributed by atoms with Crippen LogP contribution in [0.1, 0.15) is 0 Å². The van der Waals surface area contributed by atoms with Crippen LogP contribution < -0.4 is 0 Å². The molecule has 0 aliphatic rings. The Kier molecular flexibility index (Phi) is 7.44. The number of para-hydroxylation sites is 1. The normalized spacial score (nSPS) is 10.2. The van der Waals surface area contributed by atoms with Gasteiger partial charge in [0, 0.05) is 43.4 Å². The van der Waals surface area contributed by atoms with E-state index in [-0.39, 0.29) is 25.9 Å². The van der Waals surface area contributed by atoms with Crippen molar-refractivity contribution in [3.8, 4) is 28.3 Å². The smallest absolute Gasteiger partial charge is 0.124 e. The maximum absolute atomic E-state index is 9.88. The second kappa shape index (κ2) is 10.8. The van der Waals surface area contributed by atoms with E-state index in [1.165, 1.54) is 10.8 Å². The van der Waals surface area contributed by atoms with E-state index in [1.54, 1.807) is 12.3 Å². The molecule has 0 fully saturated rings. The van der Waals surface area contributed by atoms with E-state index in [1.807, 2.05) is 97.2 Å². The molecule has 0 spiro atoms. The fourth-order valence-electron chi connectivity index (χ4n) is 3.88. The second-order valence-corrected chi connectivity index (χ2v) is 7.55. The molecule has 2 aromatic heterocycles. The van der Waals surface area contributed by atoms with Gasteiger partial charge in [0.25, 0.3) is 0 Å². The Morgan fingerprint density at radius 2 is 1.12 bits per heavy atom. The predicted molar refractivity (Wildman–Crippen MR) is 135 cm³/mol. The van der Waals surface area contributed by atoms with Crippen molar-refractivity contribution >= 4 is 21.5 Å². The van der Waals surface area contributed by atoms with Crippen LogP contribution in [0.4, 0.5) is 0 Å². The topological polar surface area (TPSA) is 46.0 Å². The van der Waals surface area contributed by atoms with Crippen molar-refractivity contribution in [3.63, 3.8) is 0 Å². The van der Waals surface area contributed by atoms with Crippen LogP contribution in [0.3, 0.4) is 0 Å². The second-order valence-electron chi connectivity index (χ2n) is 7.55. The Labute approximate surface area is 212 Å². The van der Waals surface area contributed by atoms with Gasteiger partial charge in [-0.2, -0.15) is 0 Å². The van der Waals surface area contributed by atoms with Crippen molar-refractivity contribution in [1.29, 1.82) is 0 Å². The molecule has 167 valence electrons. The molecule has 3 nitrogen and oxygen atoms in total. The first-order valence-electron chi connectivity index (χ1n) is 10.7. The van der Waals surface area contributed by atoms with Crippen LogP contribution in [0, 0.1) is 6.07 Å². The molecule has 0 amide bonds. The quantitative estimate of drug-likeness (QED) is 0.207. The zero-order valence-corrected chi connectivity index (χ0v) is 20.6. The average Bonchev–Trinajstić information content (AvgIpc) is 2.89. The first kappa shape index (κ1) is 23.3. The minimum atomic E-state index is 0. The Bertz CT molecular complexity index is 1520. The van der Waals surface area contributed by atoms with E-state index in [2.05, 4.69) is 28.2 Å². The summed E-state index contributed by atoms with van der Waals surface area (Å²) in [6, 6.07) is 38.7. The standard InChI is InChI=1S/C15H11NO.C15H10N.Ir/c17-14-8-4-3-7-13(14)15-12-6-2-1-5-11(12)9-10-16-15;1-2-7-13(8-3-1)15-14-9-5-4-6-12(14)10-11-16-15;/h1-10,17H;1-7,9-11H;/q;-1;. The summed E-state index contributed by atoms with van der Waals surface area (Å²) >= 11 is 0. The maximum Gasteiger partial charge on any atom is 0.124 e. The summed E-state index contributed by atoms with van der Waals surface area (Å²) in [6.07, 6.45) is 3.61. The van der Waals surface area contributed by atoms with Gasteiger partial charge in [-0.05, 0) is 46.1 Å². The van der Waals surface area contributed by atoms with Gasteiger partial charge in [0.15, 0.2) is 0 Å². The number of pyridine rings is 2. The van der Waals surface area contributed by atoms with Gasteiger partial charge in [0.05, 0.1) is 5.69 Å². The van der Waals surface area contributed by atoms with E-state index in [0.717, 1.165) is 33.3 Å². The van der Waals surface area contributed by atoms with E-state index < -0.39 is 0 Å². The third-order valence-corrected chi connectivity index (χ3v) is 5.47. The molecule has 34 heavy (non-hydrogen) atoms. The molecular formula is C30H21IrN2O-. The van der Waals surface area contributed by atoms with E-state index in [9.17, 15) is 5.11 Å². The van der Waals surface area contributed by atoms with Crippen LogP contribution in [0.5, 0.6) is 5.75 Å². The number of hydrogen-bond donors (Lipinski definition) is 1. The minimum Gasteiger partial charge on any atom is -0.507 e. The van der Waals surface area contributed by atoms with Gasteiger partial charge in [-0.25, -0.2) is 0 Å². The number of phenols is 1. The number of aromatic nitrogens is 2. The first-order chi connectivity index (χ1) is 16.3. The third kappa shape index (κ3) is 4.89. The van der Waals surface area contributed by atoms with Crippen molar-refractivity contribution in [2.45, 2.75) is 0 Å². The molecule has 0 aliphatic heterocycles. The summed E-state index contributed by atoms with van der Waals surface area (Å²) in [5.41, 5.74) is 3.63. The predicted octanol–water partition coefficient (Wildman–Crippen LogP) is 7.31. The molecule has 0 aliphatic carbocycles. The van der Waals surface area contributed by atoms with Crippen molar-refractivity contribution < 1.29 is 25.2 Å². The molecule has 4 aromatic carbocycles. The van der Waals surface area contributed by atoms with Crippen LogP contribution in [0.25, 0.3) is 44.1 Å². The number of fused-ring (bicyclic) bond motifs is 2. The van der Waals surface area contributed by atoms with Crippen molar-refractivity contribution in [3.05, 3.63) is 128 Å². The maximum atomic E-state index is 9.88. The average molecular weight is 618 g/mol. The van der Waals surface area contributed by atoms with E-state index in [4.69, 9.17) is 0 Å². The van der Waals surface area contributed by atoms with Gasteiger partial charge < -0.3 is 10.1 Å². The molecule has 2 heterocycles. The van der Waals surface area contributed by atoms with Gasteiger partial charge in [-0.1, -0.05) is 60.7 Å². The minimum absolute atomic E-state index is 0. The van der Waals surface area contributed by atoms with Gasteiger partial charge in [0.2, 0.25) is 0 Å². The summed E-state index contributed by atoms with van der Waals surface area (Å²) in [5.74, 6) is 0.261. The van der Waals surface area contributed by atoms with Crippen molar-refractivity contribution in [2.24, 2.45) is 0 Å². The molecule has 1 radical (unpaired) electrons. The van der Waals surface area contributed by atoms with Gasteiger partial charge in [-0.3, -0.25) is 4.98 Å². The molecule has 4 heteroatoms. The van der Waals surface area contributed by atoms with Crippen molar-refractivity contribution in [2.75, 3.05) is 0 Å². The summed E-state index contributed by atoms with van der Waals surface area (Å²) in [7, 11) is 0. The molecule has 0 saturated heterocycles. The summed E-state index contributed by atoms with van der Waals surface area (Å²) in [4.78, 5) is 8.82. The summed E-state index contributed by atoms with van der Waals surface area (Å²) < 4.78 is 0. The number of phenolic OH excluding ortho intramolecular Hbond substituents is 1. The molecule has 0 unspecified atom stereocenters. The van der Waals surface area contributed by atoms with Crippen LogP contribution in [0.2, 0.25) is 0 Å². The van der Waals surface area contributed by atoms with Gasteiger partial charge in [-0.15, -0.1) is 35.9 Å². The molecule has 0 saturated carbocycles.